The van der Waals surface area contributed by atoms with Gasteiger partial charge in [-0.2, -0.15) is 0 Å². The SMILES string of the molecule is O=C1C(NC2CC2)CCN1CC1COCCO1. The van der Waals surface area contributed by atoms with Crippen LogP contribution in [-0.4, -0.2) is 61.9 Å². The van der Waals surface area contributed by atoms with Crippen LogP contribution < -0.4 is 5.32 Å². The molecule has 96 valence electrons. The zero-order chi connectivity index (χ0) is 11.7. The number of likely N-dealkylation sites (tertiary alicyclic amines) is 1. The Morgan fingerprint density at radius 3 is 2.88 bits per heavy atom. The molecule has 3 aliphatic rings. The Morgan fingerprint density at radius 1 is 1.29 bits per heavy atom. The molecular weight excluding hydrogens is 220 g/mol. The molecule has 3 fully saturated rings. The van der Waals surface area contributed by atoms with Crippen molar-refractivity contribution in [2.75, 3.05) is 32.9 Å². The number of carbonyl (C=O) groups is 1. The summed E-state index contributed by atoms with van der Waals surface area (Å²) in [4.78, 5) is 14.0. The molecule has 0 bridgehead atoms. The highest BCUT2D eigenvalue weighted by Crippen LogP contribution is 2.22. The van der Waals surface area contributed by atoms with Gasteiger partial charge in [-0.15, -0.1) is 0 Å². The van der Waals surface area contributed by atoms with E-state index in [1.54, 1.807) is 0 Å². The summed E-state index contributed by atoms with van der Waals surface area (Å²) in [5.41, 5.74) is 0. The van der Waals surface area contributed by atoms with Gasteiger partial charge in [0.25, 0.3) is 0 Å². The largest absolute Gasteiger partial charge is 0.376 e. The van der Waals surface area contributed by atoms with Gasteiger partial charge in [0.1, 0.15) is 0 Å². The van der Waals surface area contributed by atoms with Gasteiger partial charge in [0, 0.05) is 19.1 Å². The number of hydrogen-bond donors (Lipinski definition) is 1. The summed E-state index contributed by atoms with van der Waals surface area (Å²) in [5, 5.41) is 3.41. The number of ether oxygens (including phenoxy) is 2. The molecule has 0 spiro atoms. The molecule has 2 heterocycles. The van der Waals surface area contributed by atoms with E-state index in [-0.39, 0.29) is 18.1 Å². The quantitative estimate of drug-likeness (QED) is 0.736. The lowest BCUT2D eigenvalue weighted by Crippen LogP contribution is -2.44. The van der Waals surface area contributed by atoms with E-state index in [1.807, 2.05) is 4.90 Å². The van der Waals surface area contributed by atoms with Crippen molar-refractivity contribution < 1.29 is 14.3 Å². The third-order valence-electron chi connectivity index (χ3n) is 3.62. The maximum Gasteiger partial charge on any atom is 0.239 e. The van der Waals surface area contributed by atoms with Crippen LogP contribution in [0.1, 0.15) is 19.3 Å². The van der Waals surface area contributed by atoms with Gasteiger partial charge in [0.05, 0.1) is 32.0 Å². The van der Waals surface area contributed by atoms with Gasteiger partial charge in [-0.3, -0.25) is 4.79 Å². The minimum Gasteiger partial charge on any atom is -0.376 e. The van der Waals surface area contributed by atoms with Crippen molar-refractivity contribution in [2.24, 2.45) is 0 Å². The van der Waals surface area contributed by atoms with Gasteiger partial charge in [0.2, 0.25) is 5.91 Å². The smallest absolute Gasteiger partial charge is 0.239 e. The number of hydrogen-bond acceptors (Lipinski definition) is 4. The average molecular weight is 240 g/mol. The second-order valence-corrected chi connectivity index (χ2v) is 5.13. The Hall–Kier alpha value is -0.650. The Balaban J connectivity index is 1.48. The van der Waals surface area contributed by atoms with Gasteiger partial charge < -0.3 is 19.7 Å². The van der Waals surface area contributed by atoms with Gasteiger partial charge >= 0.3 is 0 Å². The van der Waals surface area contributed by atoms with Gasteiger partial charge in [0.15, 0.2) is 0 Å². The Labute approximate surface area is 101 Å². The first-order chi connectivity index (χ1) is 8.33. The second kappa shape index (κ2) is 4.92. The number of nitrogens with zero attached hydrogens (tertiary/aromatic N) is 1. The third-order valence-corrected chi connectivity index (χ3v) is 3.62. The van der Waals surface area contributed by atoms with Crippen LogP contribution in [0.4, 0.5) is 0 Å². The summed E-state index contributed by atoms with van der Waals surface area (Å²) in [6.45, 7) is 3.47. The van der Waals surface area contributed by atoms with Crippen molar-refractivity contribution in [3.63, 3.8) is 0 Å². The topological polar surface area (TPSA) is 50.8 Å². The summed E-state index contributed by atoms with van der Waals surface area (Å²) < 4.78 is 10.9. The molecule has 17 heavy (non-hydrogen) atoms. The lowest BCUT2D eigenvalue weighted by molar-refractivity contribution is -0.135. The molecule has 1 aliphatic carbocycles. The Morgan fingerprint density at radius 2 is 2.18 bits per heavy atom. The van der Waals surface area contributed by atoms with E-state index in [9.17, 15) is 4.79 Å². The molecule has 5 nitrogen and oxygen atoms in total. The summed E-state index contributed by atoms with van der Waals surface area (Å²) >= 11 is 0. The maximum atomic E-state index is 12.1. The molecule has 0 aromatic rings. The fourth-order valence-corrected chi connectivity index (χ4v) is 2.50. The van der Waals surface area contributed by atoms with Gasteiger partial charge in [-0.25, -0.2) is 0 Å². The van der Waals surface area contributed by atoms with E-state index in [4.69, 9.17) is 9.47 Å². The fraction of sp³-hybridized carbons (Fsp3) is 0.917. The average Bonchev–Trinajstić information content (AvgIpc) is 3.11. The predicted molar refractivity (Wildman–Crippen MR) is 61.7 cm³/mol. The van der Waals surface area contributed by atoms with Crippen LogP contribution in [0.2, 0.25) is 0 Å². The van der Waals surface area contributed by atoms with Crippen LogP contribution in [0.15, 0.2) is 0 Å². The van der Waals surface area contributed by atoms with Gasteiger partial charge in [-0.05, 0) is 19.3 Å². The highest BCUT2D eigenvalue weighted by molar-refractivity contribution is 5.84. The zero-order valence-corrected chi connectivity index (χ0v) is 10.1. The lowest BCUT2D eigenvalue weighted by atomic mass is 10.2. The van der Waals surface area contributed by atoms with E-state index in [2.05, 4.69) is 5.32 Å². The molecule has 1 N–H and O–H groups in total. The maximum absolute atomic E-state index is 12.1. The molecule has 5 heteroatoms. The fourth-order valence-electron chi connectivity index (χ4n) is 2.50. The molecule has 1 amide bonds. The van der Waals surface area contributed by atoms with Crippen LogP contribution >= 0.6 is 0 Å². The normalized spacial score (nSPS) is 34.4. The number of carbonyl (C=O) groups excluding carboxylic acids is 1. The van der Waals surface area contributed by atoms with E-state index in [0.717, 1.165) is 13.0 Å². The van der Waals surface area contributed by atoms with Crippen molar-refractivity contribution in [3.05, 3.63) is 0 Å². The summed E-state index contributed by atoms with van der Waals surface area (Å²) in [6.07, 6.45) is 3.45. The first kappa shape index (κ1) is 11.4. The molecule has 2 atom stereocenters. The first-order valence-electron chi connectivity index (χ1n) is 6.57. The molecule has 0 aromatic heterocycles. The van der Waals surface area contributed by atoms with Crippen LogP contribution in [0.25, 0.3) is 0 Å². The highest BCUT2D eigenvalue weighted by atomic mass is 16.6. The van der Waals surface area contributed by atoms with Crippen molar-refractivity contribution in [1.29, 1.82) is 0 Å². The second-order valence-electron chi connectivity index (χ2n) is 5.13. The Kier molecular flexibility index (Phi) is 3.31. The predicted octanol–water partition coefficient (Wildman–Crippen LogP) is -0.245. The van der Waals surface area contributed by atoms with E-state index in [1.165, 1.54) is 12.8 Å². The molecule has 0 aromatic carbocycles. The molecule has 3 rings (SSSR count). The van der Waals surface area contributed by atoms with E-state index < -0.39 is 0 Å². The van der Waals surface area contributed by atoms with Crippen LogP contribution in [-0.2, 0) is 14.3 Å². The van der Waals surface area contributed by atoms with E-state index in [0.29, 0.717) is 32.4 Å². The van der Waals surface area contributed by atoms with E-state index >= 15 is 0 Å². The number of nitrogens with one attached hydrogen (secondary N) is 1. The molecule has 0 radical (unpaired) electrons. The van der Waals surface area contributed by atoms with Crippen LogP contribution in [0.5, 0.6) is 0 Å². The first-order valence-corrected chi connectivity index (χ1v) is 6.57. The summed E-state index contributed by atoms with van der Waals surface area (Å²) in [7, 11) is 0. The van der Waals surface area contributed by atoms with Gasteiger partial charge in [-0.1, -0.05) is 0 Å². The minimum atomic E-state index is 0.0482. The lowest BCUT2D eigenvalue weighted by Gasteiger charge is -2.27. The summed E-state index contributed by atoms with van der Waals surface area (Å²) in [5.74, 6) is 0.242. The standard InChI is InChI=1S/C12H20N2O3/c15-12-11(13-9-1-2-9)3-4-14(12)7-10-8-16-5-6-17-10/h9-11,13H,1-8H2. The van der Waals surface area contributed by atoms with Crippen LogP contribution in [0, 0.1) is 0 Å². The molecule has 2 unspecified atom stereocenters. The number of amides is 1. The minimum absolute atomic E-state index is 0.0482. The summed E-state index contributed by atoms with van der Waals surface area (Å²) in [6, 6.07) is 0.644. The third kappa shape index (κ3) is 2.78. The van der Waals surface area contributed by atoms with Crippen molar-refractivity contribution in [1.82, 2.24) is 10.2 Å². The molecule has 1 saturated carbocycles. The molecular formula is C12H20N2O3. The van der Waals surface area contributed by atoms with Crippen molar-refractivity contribution in [2.45, 2.75) is 37.5 Å². The Bertz CT molecular complexity index is 287. The molecule has 2 saturated heterocycles. The monoisotopic (exact) mass is 240 g/mol. The van der Waals surface area contributed by atoms with Crippen molar-refractivity contribution >= 4 is 5.91 Å². The zero-order valence-electron chi connectivity index (χ0n) is 10.1. The number of rotatable bonds is 4. The molecule has 2 aliphatic heterocycles. The van der Waals surface area contributed by atoms with Crippen molar-refractivity contribution in [3.8, 4) is 0 Å². The van der Waals surface area contributed by atoms with Crippen LogP contribution in [0.3, 0.4) is 0 Å². The highest BCUT2D eigenvalue weighted by Gasteiger charge is 2.36.